The Balaban J connectivity index is 1.58. The summed E-state index contributed by atoms with van der Waals surface area (Å²) in [6.45, 7) is 8.92. The van der Waals surface area contributed by atoms with Crippen LogP contribution in [0.25, 0.3) is 5.69 Å². The summed E-state index contributed by atoms with van der Waals surface area (Å²) in [5.41, 5.74) is 2.36. The fraction of sp³-hybridized carbons (Fsp3) is 0.583. The largest absolute Gasteiger partial charge is 0.382 e. The molecule has 1 amide bonds. The number of carbonyl (C=O) groups is 1. The average molecular weight is 427 g/mol. The highest BCUT2D eigenvalue weighted by Crippen LogP contribution is 2.43. The van der Waals surface area contributed by atoms with Crippen LogP contribution in [0, 0.1) is 5.92 Å². The maximum atomic E-state index is 12.7. The third-order valence-electron chi connectivity index (χ3n) is 6.46. The number of nitrogens with zero attached hydrogens (tertiary/aromatic N) is 4. The number of amides is 1. The topological polar surface area (TPSA) is 59.8 Å². The Morgan fingerprint density at radius 2 is 1.97 bits per heavy atom. The van der Waals surface area contributed by atoms with Crippen molar-refractivity contribution in [3.8, 4) is 5.69 Å². The molecule has 1 aromatic heterocycles. The normalized spacial score (nSPS) is 18.1. The molecule has 0 aliphatic carbocycles. The van der Waals surface area contributed by atoms with Gasteiger partial charge in [-0.2, -0.15) is 0 Å². The maximum absolute atomic E-state index is 12.7. The van der Waals surface area contributed by atoms with Crippen molar-refractivity contribution in [3.05, 3.63) is 48.0 Å². The minimum Gasteiger partial charge on any atom is -0.382 e. The number of hydrogen-bond donors (Lipinski definition) is 0. The van der Waals surface area contributed by atoms with E-state index in [9.17, 15) is 4.79 Å². The molecule has 1 saturated heterocycles. The Kier molecular flexibility index (Phi) is 6.74. The van der Waals surface area contributed by atoms with E-state index in [1.807, 2.05) is 11.1 Å². The summed E-state index contributed by atoms with van der Waals surface area (Å²) in [5, 5.41) is 0. The minimum absolute atomic E-state index is 0.0570. The van der Waals surface area contributed by atoms with Crippen LogP contribution in [-0.2, 0) is 26.4 Å². The van der Waals surface area contributed by atoms with Crippen LogP contribution in [0.4, 0.5) is 0 Å². The number of ether oxygens (including phenoxy) is 2. The molecule has 168 valence electrons. The Labute approximate surface area is 184 Å². The van der Waals surface area contributed by atoms with Crippen LogP contribution in [0.5, 0.6) is 0 Å². The average Bonchev–Trinajstić information content (AvgIpc) is 3.23. The van der Waals surface area contributed by atoms with E-state index < -0.39 is 0 Å². The third kappa shape index (κ3) is 4.40. The van der Waals surface area contributed by atoms with Crippen molar-refractivity contribution in [2.75, 3.05) is 46.6 Å². The number of methoxy groups -OCH3 is 1. The summed E-state index contributed by atoms with van der Waals surface area (Å²) in [7, 11) is 1.63. The molecular formula is C24H34N4O3. The molecule has 0 bridgehead atoms. The zero-order valence-corrected chi connectivity index (χ0v) is 18.9. The van der Waals surface area contributed by atoms with E-state index in [2.05, 4.69) is 53.8 Å². The van der Waals surface area contributed by atoms with Crippen molar-refractivity contribution in [1.82, 2.24) is 19.4 Å². The lowest BCUT2D eigenvalue weighted by Gasteiger charge is -2.48. The second kappa shape index (κ2) is 9.51. The summed E-state index contributed by atoms with van der Waals surface area (Å²) in [6.07, 6.45) is 5.73. The molecule has 7 nitrogen and oxygen atoms in total. The van der Waals surface area contributed by atoms with Gasteiger partial charge < -0.3 is 18.9 Å². The van der Waals surface area contributed by atoms with Gasteiger partial charge in [0.15, 0.2) is 0 Å². The lowest BCUT2D eigenvalue weighted by atomic mass is 9.83. The molecule has 2 aromatic rings. The summed E-state index contributed by atoms with van der Waals surface area (Å²) in [4.78, 5) is 22.1. The summed E-state index contributed by atoms with van der Waals surface area (Å²) >= 11 is 0. The molecule has 1 fully saturated rings. The zero-order chi connectivity index (χ0) is 21.8. The molecule has 1 spiro atoms. The number of piperidine rings is 1. The van der Waals surface area contributed by atoms with E-state index in [0.717, 1.165) is 31.8 Å². The van der Waals surface area contributed by atoms with E-state index >= 15 is 0 Å². The van der Waals surface area contributed by atoms with Gasteiger partial charge in [0.1, 0.15) is 12.4 Å². The number of likely N-dealkylation sites (tertiary alicyclic amines) is 1. The molecule has 0 atom stereocenters. The Morgan fingerprint density at radius 3 is 2.71 bits per heavy atom. The van der Waals surface area contributed by atoms with Crippen LogP contribution in [-0.4, -0.2) is 71.8 Å². The molecule has 0 radical (unpaired) electrons. The van der Waals surface area contributed by atoms with Gasteiger partial charge in [-0.15, -0.1) is 0 Å². The van der Waals surface area contributed by atoms with Crippen molar-refractivity contribution in [3.63, 3.8) is 0 Å². The highest BCUT2D eigenvalue weighted by molar-refractivity contribution is 5.77. The number of benzene rings is 1. The first-order chi connectivity index (χ1) is 15.0. The number of carbonyl (C=O) groups excluding carboxylic acids is 1. The van der Waals surface area contributed by atoms with Crippen molar-refractivity contribution in [2.45, 2.75) is 38.8 Å². The van der Waals surface area contributed by atoms with Crippen LogP contribution >= 0.6 is 0 Å². The van der Waals surface area contributed by atoms with E-state index in [0.29, 0.717) is 32.2 Å². The maximum Gasteiger partial charge on any atom is 0.248 e. The lowest BCUT2D eigenvalue weighted by molar-refractivity contribution is -0.140. The van der Waals surface area contributed by atoms with Crippen molar-refractivity contribution < 1.29 is 14.3 Å². The third-order valence-corrected chi connectivity index (χ3v) is 6.46. The standard InChI is InChI=1S/C24H34N4O3/c1-19(2)16-27-17-20-6-4-5-7-21(20)28-13-10-25-23(28)24(27)8-11-26(12-9-24)22(29)18-31-15-14-30-3/h4-7,10,13,19H,8-9,11-12,14-18H2,1-3H3. The Bertz CT molecular complexity index is 886. The summed E-state index contributed by atoms with van der Waals surface area (Å²) in [6, 6.07) is 8.62. The molecular weight excluding hydrogens is 392 g/mol. The summed E-state index contributed by atoms with van der Waals surface area (Å²) in [5.74, 6) is 1.70. The molecule has 0 N–H and O–H groups in total. The van der Waals surface area contributed by atoms with Gasteiger partial charge in [-0.1, -0.05) is 32.0 Å². The SMILES string of the molecule is COCCOCC(=O)N1CCC2(CC1)c1nccn1-c1ccccc1CN2CC(C)C. The van der Waals surface area contributed by atoms with Crippen LogP contribution in [0.2, 0.25) is 0 Å². The summed E-state index contributed by atoms with van der Waals surface area (Å²) < 4.78 is 12.7. The fourth-order valence-electron chi connectivity index (χ4n) is 4.96. The van der Waals surface area contributed by atoms with Gasteiger partial charge in [0.25, 0.3) is 0 Å². The first kappa shape index (κ1) is 22.0. The van der Waals surface area contributed by atoms with E-state index in [4.69, 9.17) is 14.5 Å². The quantitative estimate of drug-likeness (QED) is 0.637. The van der Waals surface area contributed by atoms with E-state index in [1.54, 1.807) is 7.11 Å². The second-order valence-corrected chi connectivity index (χ2v) is 8.98. The number of rotatable bonds is 7. The molecule has 2 aliphatic heterocycles. The van der Waals surface area contributed by atoms with Crippen molar-refractivity contribution >= 4 is 5.91 Å². The first-order valence-electron chi connectivity index (χ1n) is 11.3. The van der Waals surface area contributed by atoms with Crippen LogP contribution in [0.3, 0.4) is 0 Å². The van der Waals surface area contributed by atoms with Gasteiger partial charge in [0.05, 0.1) is 24.4 Å². The lowest BCUT2D eigenvalue weighted by Crippen LogP contribution is -2.55. The molecule has 4 rings (SSSR count). The van der Waals surface area contributed by atoms with Crippen LogP contribution < -0.4 is 0 Å². The number of fused-ring (bicyclic) bond motifs is 4. The van der Waals surface area contributed by atoms with Crippen molar-refractivity contribution in [1.29, 1.82) is 0 Å². The van der Waals surface area contributed by atoms with Gasteiger partial charge in [-0.05, 0) is 30.4 Å². The molecule has 2 aliphatic rings. The smallest absolute Gasteiger partial charge is 0.248 e. The van der Waals surface area contributed by atoms with Gasteiger partial charge in [-0.25, -0.2) is 4.98 Å². The predicted molar refractivity (Wildman–Crippen MR) is 119 cm³/mol. The molecule has 1 aromatic carbocycles. The van der Waals surface area contributed by atoms with Crippen LogP contribution in [0.15, 0.2) is 36.7 Å². The number of para-hydroxylation sites is 1. The highest BCUT2D eigenvalue weighted by atomic mass is 16.5. The Morgan fingerprint density at radius 1 is 1.19 bits per heavy atom. The predicted octanol–water partition coefficient (Wildman–Crippen LogP) is 2.82. The monoisotopic (exact) mass is 426 g/mol. The molecule has 7 heteroatoms. The molecule has 3 heterocycles. The van der Waals surface area contributed by atoms with Gasteiger partial charge in [0.2, 0.25) is 5.91 Å². The van der Waals surface area contributed by atoms with Gasteiger partial charge in [0, 0.05) is 45.7 Å². The number of aromatic nitrogens is 2. The number of imidazole rings is 1. The first-order valence-corrected chi connectivity index (χ1v) is 11.3. The van der Waals surface area contributed by atoms with Gasteiger partial charge in [-0.3, -0.25) is 9.69 Å². The van der Waals surface area contributed by atoms with Gasteiger partial charge >= 0.3 is 0 Å². The van der Waals surface area contributed by atoms with Crippen LogP contribution in [0.1, 0.15) is 38.1 Å². The highest BCUT2D eigenvalue weighted by Gasteiger charge is 2.47. The molecule has 0 unspecified atom stereocenters. The second-order valence-electron chi connectivity index (χ2n) is 8.98. The molecule has 31 heavy (non-hydrogen) atoms. The zero-order valence-electron chi connectivity index (χ0n) is 18.9. The fourth-order valence-corrected chi connectivity index (χ4v) is 4.96. The molecule has 0 saturated carbocycles. The Hall–Kier alpha value is -2.22. The van der Waals surface area contributed by atoms with Crippen molar-refractivity contribution in [2.24, 2.45) is 5.92 Å². The van der Waals surface area contributed by atoms with E-state index in [-0.39, 0.29) is 18.1 Å². The van der Waals surface area contributed by atoms with E-state index in [1.165, 1.54) is 11.3 Å². The number of hydrogen-bond acceptors (Lipinski definition) is 5. The minimum atomic E-state index is -0.180.